The van der Waals surface area contributed by atoms with Crippen LogP contribution in [0.5, 0.6) is 0 Å². The van der Waals surface area contributed by atoms with Gasteiger partial charge in [-0.3, -0.25) is 16.3 Å². The highest BCUT2D eigenvalue weighted by Crippen LogP contribution is 2.41. The summed E-state index contributed by atoms with van der Waals surface area (Å²) in [6, 6.07) is 8.32. The lowest BCUT2D eigenvalue weighted by Gasteiger charge is -2.27. The summed E-state index contributed by atoms with van der Waals surface area (Å²) in [5, 5.41) is 2.33. The highest BCUT2D eigenvalue weighted by molar-refractivity contribution is 5.85. The monoisotopic (exact) mass is 271 g/mol. The molecule has 0 amide bonds. The fraction of sp³-hybridized carbons (Fsp3) is 0.438. The van der Waals surface area contributed by atoms with Gasteiger partial charge in [-0.15, -0.1) is 0 Å². The standard InChI is InChI=1S/C16H21N3O/c1-2-20-16(12-6-7-12)15(19-17)13-5-3-4-11-8-9-18-10-14(11)13/h3-5,8-10,12,15-16,19H,2,6-7,17H2,1H3. The summed E-state index contributed by atoms with van der Waals surface area (Å²) in [4.78, 5) is 4.25. The van der Waals surface area contributed by atoms with Crippen LogP contribution in [-0.4, -0.2) is 17.7 Å². The van der Waals surface area contributed by atoms with E-state index < -0.39 is 0 Å². The van der Waals surface area contributed by atoms with E-state index in [1.165, 1.54) is 23.8 Å². The second-order valence-electron chi connectivity index (χ2n) is 5.35. The van der Waals surface area contributed by atoms with Gasteiger partial charge in [-0.1, -0.05) is 18.2 Å². The van der Waals surface area contributed by atoms with Gasteiger partial charge in [-0.05, 0) is 42.7 Å². The van der Waals surface area contributed by atoms with Gasteiger partial charge in [0.2, 0.25) is 0 Å². The van der Waals surface area contributed by atoms with E-state index in [0.29, 0.717) is 12.5 Å². The molecule has 2 unspecified atom stereocenters. The first-order valence-electron chi connectivity index (χ1n) is 7.25. The molecule has 0 radical (unpaired) electrons. The predicted molar refractivity (Wildman–Crippen MR) is 79.9 cm³/mol. The number of nitrogens with zero attached hydrogens (tertiary/aromatic N) is 1. The summed E-state index contributed by atoms with van der Waals surface area (Å²) in [6.07, 6.45) is 6.32. The van der Waals surface area contributed by atoms with Crippen molar-refractivity contribution in [2.24, 2.45) is 11.8 Å². The molecule has 106 valence electrons. The van der Waals surface area contributed by atoms with Gasteiger partial charge in [0.15, 0.2) is 0 Å². The van der Waals surface area contributed by atoms with Crippen LogP contribution in [-0.2, 0) is 4.74 Å². The fourth-order valence-electron chi connectivity index (χ4n) is 2.89. The average molecular weight is 271 g/mol. The molecule has 1 heterocycles. The van der Waals surface area contributed by atoms with Gasteiger partial charge in [0.05, 0.1) is 12.1 Å². The smallest absolute Gasteiger partial charge is 0.0810 e. The zero-order valence-corrected chi connectivity index (χ0v) is 11.8. The molecule has 1 saturated carbocycles. The summed E-state index contributed by atoms with van der Waals surface area (Å²) in [5.74, 6) is 6.46. The number of fused-ring (bicyclic) bond motifs is 1. The van der Waals surface area contributed by atoms with Crippen molar-refractivity contribution in [2.75, 3.05) is 6.61 Å². The second kappa shape index (κ2) is 5.87. The molecule has 2 aromatic rings. The van der Waals surface area contributed by atoms with Crippen LogP contribution in [0.15, 0.2) is 36.7 Å². The van der Waals surface area contributed by atoms with E-state index >= 15 is 0 Å². The second-order valence-corrected chi connectivity index (χ2v) is 5.35. The van der Waals surface area contributed by atoms with Crippen molar-refractivity contribution < 1.29 is 4.74 Å². The molecule has 1 aromatic carbocycles. The summed E-state index contributed by atoms with van der Waals surface area (Å²) < 4.78 is 5.96. The third-order valence-corrected chi connectivity index (χ3v) is 4.01. The van der Waals surface area contributed by atoms with Crippen LogP contribution in [0, 0.1) is 5.92 Å². The zero-order valence-electron chi connectivity index (χ0n) is 11.8. The number of hydrogen-bond donors (Lipinski definition) is 2. The number of aromatic nitrogens is 1. The Morgan fingerprint density at radius 1 is 1.40 bits per heavy atom. The van der Waals surface area contributed by atoms with Crippen LogP contribution < -0.4 is 11.3 Å². The Hall–Kier alpha value is -1.49. The number of nitrogens with two attached hydrogens (primary N) is 1. The maximum Gasteiger partial charge on any atom is 0.0810 e. The van der Waals surface area contributed by atoms with Gasteiger partial charge in [-0.2, -0.15) is 0 Å². The van der Waals surface area contributed by atoms with E-state index in [1.54, 1.807) is 0 Å². The Morgan fingerprint density at radius 3 is 2.95 bits per heavy atom. The number of hydrogen-bond acceptors (Lipinski definition) is 4. The Labute approximate surface area is 119 Å². The normalized spacial score (nSPS) is 18.1. The maximum atomic E-state index is 5.96. The molecule has 4 nitrogen and oxygen atoms in total. The number of hydrazine groups is 1. The van der Waals surface area contributed by atoms with E-state index in [9.17, 15) is 0 Å². The molecule has 1 fully saturated rings. The topological polar surface area (TPSA) is 60.2 Å². The molecule has 0 bridgehead atoms. The van der Waals surface area contributed by atoms with Crippen LogP contribution in [0.1, 0.15) is 31.4 Å². The minimum atomic E-state index is 0.00958. The molecule has 1 aliphatic rings. The Kier molecular flexibility index (Phi) is 3.96. The third-order valence-electron chi connectivity index (χ3n) is 4.01. The van der Waals surface area contributed by atoms with E-state index in [1.807, 2.05) is 25.4 Å². The number of nitrogens with one attached hydrogen (secondary N) is 1. The van der Waals surface area contributed by atoms with Crippen molar-refractivity contribution in [1.82, 2.24) is 10.4 Å². The summed E-state index contributed by atoms with van der Waals surface area (Å²) in [5.41, 5.74) is 4.13. The van der Waals surface area contributed by atoms with Gasteiger partial charge in [0.1, 0.15) is 0 Å². The number of rotatable bonds is 6. The van der Waals surface area contributed by atoms with Crippen molar-refractivity contribution in [1.29, 1.82) is 0 Å². The van der Waals surface area contributed by atoms with Crippen molar-refractivity contribution in [3.8, 4) is 0 Å². The average Bonchev–Trinajstić information content (AvgIpc) is 3.32. The number of pyridine rings is 1. The molecule has 1 aromatic heterocycles. The van der Waals surface area contributed by atoms with Crippen molar-refractivity contribution in [3.63, 3.8) is 0 Å². The predicted octanol–water partition coefficient (Wildman–Crippen LogP) is 2.55. The quantitative estimate of drug-likeness (QED) is 0.626. The molecule has 3 N–H and O–H groups in total. The highest BCUT2D eigenvalue weighted by atomic mass is 16.5. The van der Waals surface area contributed by atoms with Crippen molar-refractivity contribution >= 4 is 10.8 Å². The molecule has 4 heteroatoms. The van der Waals surface area contributed by atoms with Gasteiger partial charge in [-0.25, -0.2) is 0 Å². The summed E-state index contributed by atoms with van der Waals surface area (Å²) in [7, 11) is 0. The SMILES string of the molecule is CCOC(C1CC1)C(NN)c1cccc2ccncc12. The molecule has 0 aliphatic heterocycles. The first-order valence-corrected chi connectivity index (χ1v) is 7.25. The lowest BCUT2D eigenvalue weighted by molar-refractivity contribution is 0.0189. The summed E-state index contributed by atoms with van der Waals surface area (Å²) in [6.45, 7) is 2.75. The first-order chi connectivity index (χ1) is 9.85. The number of ether oxygens (including phenoxy) is 1. The Balaban J connectivity index is 2.01. The third kappa shape index (κ3) is 2.54. The van der Waals surface area contributed by atoms with Gasteiger partial charge in [0.25, 0.3) is 0 Å². The van der Waals surface area contributed by atoms with Crippen molar-refractivity contribution in [3.05, 3.63) is 42.2 Å². The summed E-state index contributed by atoms with van der Waals surface area (Å²) >= 11 is 0. The van der Waals surface area contributed by atoms with E-state index in [0.717, 1.165) is 5.39 Å². The lowest BCUT2D eigenvalue weighted by atomic mass is 9.94. The van der Waals surface area contributed by atoms with Crippen LogP contribution in [0.25, 0.3) is 10.8 Å². The largest absolute Gasteiger partial charge is 0.376 e. The molecule has 20 heavy (non-hydrogen) atoms. The fourth-order valence-corrected chi connectivity index (χ4v) is 2.89. The van der Waals surface area contributed by atoms with Crippen LogP contribution in [0.3, 0.4) is 0 Å². The van der Waals surface area contributed by atoms with Crippen LogP contribution in [0.2, 0.25) is 0 Å². The Bertz CT molecular complexity index is 577. The molecule has 0 spiro atoms. The molecule has 0 saturated heterocycles. The Morgan fingerprint density at radius 2 is 2.25 bits per heavy atom. The molecular weight excluding hydrogens is 250 g/mol. The molecule has 2 atom stereocenters. The van der Waals surface area contributed by atoms with E-state index in [4.69, 9.17) is 10.6 Å². The number of benzene rings is 1. The minimum absolute atomic E-state index is 0.00958. The zero-order chi connectivity index (χ0) is 13.9. The van der Waals surface area contributed by atoms with Crippen molar-refractivity contribution in [2.45, 2.75) is 31.9 Å². The maximum absolute atomic E-state index is 5.96. The first kappa shape index (κ1) is 13.5. The van der Waals surface area contributed by atoms with Crippen LogP contribution in [0.4, 0.5) is 0 Å². The highest BCUT2D eigenvalue weighted by Gasteiger charge is 2.38. The van der Waals surface area contributed by atoms with E-state index in [-0.39, 0.29) is 12.1 Å². The van der Waals surface area contributed by atoms with Crippen LogP contribution >= 0.6 is 0 Å². The minimum Gasteiger partial charge on any atom is -0.376 e. The molecule has 3 rings (SSSR count). The van der Waals surface area contributed by atoms with Gasteiger partial charge in [0, 0.05) is 24.4 Å². The molecular formula is C16H21N3O. The van der Waals surface area contributed by atoms with Gasteiger partial charge < -0.3 is 4.74 Å². The lowest BCUT2D eigenvalue weighted by Crippen LogP contribution is -2.39. The van der Waals surface area contributed by atoms with Gasteiger partial charge >= 0.3 is 0 Å². The molecule has 1 aliphatic carbocycles. The van der Waals surface area contributed by atoms with E-state index in [2.05, 4.69) is 28.6 Å².